The molecule has 4 nitrogen and oxygen atoms in total. The maximum Gasteiger partial charge on any atom is 0.232 e. The maximum atomic E-state index is 13.3. The molecule has 0 atom stereocenters. The van der Waals surface area contributed by atoms with Crippen LogP contribution in [0.15, 0.2) is 42.6 Å². The summed E-state index contributed by atoms with van der Waals surface area (Å²) in [5, 5.41) is 3.31. The lowest BCUT2D eigenvalue weighted by Gasteiger charge is -2.30. The van der Waals surface area contributed by atoms with Crippen LogP contribution in [0, 0.1) is 11.2 Å². The molecular formula is C21H28FN3O. The highest BCUT2D eigenvalue weighted by Crippen LogP contribution is 2.25. The van der Waals surface area contributed by atoms with Crippen molar-refractivity contribution in [2.75, 3.05) is 10.2 Å². The number of nitrogens with zero attached hydrogens (tertiary/aromatic N) is 2. The molecule has 1 N–H and O–H groups in total. The van der Waals surface area contributed by atoms with E-state index in [4.69, 9.17) is 0 Å². The van der Waals surface area contributed by atoms with Crippen molar-refractivity contribution in [1.82, 2.24) is 4.98 Å². The summed E-state index contributed by atoms with van der Waals surface area (Å²) >= 11 is 0. The number of rotatable bonds is 4. The van der Waals surface area contributed by atoms with Crippen LogP contribution >= 0.6 is 0 Å². The van der Waals surface area contributed by atoms with E-state index in [1.165, 1.54) is 12.1 Å². The second kappa shape index (κ2) is 7.44. The zero-order valence-corrected chi connectivity index (χ0v) is 16.4. The molecule has 0 saturated heterocycles. The number of halogens is 1. The number of nitrogens with one attached hydrogen (secondary N) is 1. The van der Waals surface area contributed by atoms with E-state index in [9.17, 15) is 9.18 Å². The molecule has 0 spiro atoms. The summed E-state index contributed by atoms with van der Waals surface area (Å²) < 4.78 is 13.3. The number of aromatic nitrogens is 1. The summed E-state index contributed by atoms with van der Waals surface area (Å²) in [5.74, 6) is 0.439. The zero-order chi connectivity index (χ0) is 19.5. The van der Waals surface area contributed by atoms with Gasteiger partial charge in [0.05, 0.1) is 6.54 Å². The van der Waals surface area contributed by atoms with Gasteiger partial charge in [-0.1, -0.05) is 26.8 Å². The number of carbonyl (C=O) groups is 1. The molecule has 0 aliphatic heterocycles. The standard InChI is InChI=1S/C21H28FN3O/c1-20(2,3)19(26)25(17-10-8-16(22)9-11-17)14-15-7-12-18(23-13-15)24-21(4,5)6/h7-13H,14H2,1-6H3,(H,23,24). The number of amides is 1. The van der Waals surface area contributed by atoms with E-state index in [1.807, 2.05) is 32.9 Å². The second-order valence-electron chi connectivity index (χ2n) is 8.54. The summed E-state index contributed by atoms with van der Waals surface area (Å²) in [6, 6.07) is 9.85. The molecule has 1 amide bonds. The molecule has 0 fully saturated rings. The van der Waals surface area contributed by atoms with Crippen LogP contribution in [0.2, 0.25) is 0 Å². The fourth-order valence-corrected chi connectivity index (χ4v) is 2.47. The Morgan fingerprint density at radius 1 is 1.04 bits per heavy atom. The fraction of sp³-hybridized carbons (Fsp3) is 0.429. The number of anilines is 2. The minimum absolute atomic E-state index is 0.0269. The van der Waals surface area contributed by atoms with Crippen LogP contribution in [-0.2, 0) is 11.3 Å². The Hall–Kier alpha value is -2.43. The van der Waals surface area contributed by atoms with Crippen molar-refractivity contribution in [3.8, 4) is 0 Å². The summed E-state index contributed by atoms with van der Waals surface area (Å²) in [4.78, 5) is 19.0. The minimum atomic E-state index is -0.546. The van der Waals surface area contributed by atoms with Gasteiger partial charge >= 0.3 is 0 Å². The van der Waals surface area contributed by atoms with Crippen LogP contribution in [0.1, 0.15) is 47.1 Å². The van der Waals surface area contributed by atoms with E-state index in [2.05, 4.69) is 31.1 Å². The highest BCUT2D eigenvalue weighted by molar-refractivity contribution is 5.96. The largest absolute Gasteiger partial charge is 0.365 e. The average Bonchev–Trinajstić information content (AvgIpc) is 2.52. The predicted molar refractivity (Wildman–Crippen MR) is 105 cm³/mol. The molecule has 1 aromatic carbocycles. The van der Waals surface area contributed by atoms with Crippen molar-refractivity contribution in [3.05, 3.63) is 54.0 Å². The first kappa shape index (κ1) is 19.9. The third kappa shape index (κ3) is 5.55. The number of pyridine rings is 1. The smallest absolute Gasteiger partial charge is 0.232 e. The van der Waals surface area contributed by atoms with Crippen LogP contribution in [-0.4, -0.2) is 16.4 Å². The van der Waals surface area contributed by atoms with Gasteiger partial charge in [-0.2, -0.15) is 0 Å². The van der Waals surface area contributed by atoms with Gasteiger partial charge in [0, 0.05) is 22.8 Å². The van der Waals surface area contributed by atoms with E-state index in [-0.39, 0.29) is 17.3 Å². The van der Waals surface area contributed by atoms with Crippen molar-refractivity contribution >= 4 is 17.4 Å². The van der Waals surface area contributed by atoms with Gasteiger partial charge in [-0.3, -0.25) is 4.79 Å². The van der Waals surface area contributed by atoms with Crippen molar-refractivity contribution < 1.29 is 9.18 Å². The number of carbonyl (C=O) groups excluding carboxylic acids is 1. The molecule has 0 bridgehead atoms. The molecule has 0 radical (unpaired) electrons. The summed E-state index contributed by atoms with van der Waals surface area (Å²) in [6.45, 7) is 12.2. The molecular weight excluding hydrogens is 329 g/mol. The van der Waals surface area contributed by atoms with E-state index >= 15 is 0 Å². The molecule has 0 saturated carbocycles. The zero-order valence-electron chi connectivity index (χ0n) is 16.4. The van der Waals surface area contributed by atoms with E-state index in [1.54, 1.807) is 23.2 Å². The number of hydrogen-bond acceptors (Lipinski definition) is 3. The average molecular weight is 357 g/mol. The number of benzene rings is 1. The van der Waals surface area contributed by atoms with Crippen LogP contribution in [0.5, 0.6) is 0 Å². The van der Waals surface area contributed by atoms with Crippen LogP contribution in [0.3, 0.4) is 0 Å². The third-order valence-corrected chi connectivity index (χ3v) is 3.69. The van der Waals surface area contributed by atoms with Gasteiger partial charge in [0.2, 0.25) is 5.91 Å². The number of hydrogen-bond donors (Lipinski definition) is 1. The molecule has 0 unspecified atom stereocenters. The third-order valence-electron chi connectivity index (χ3n) is 3.69. The molecule has 1 aromatic heterocycles. The SMILES string of the molecule is CC(C)(C)Nc1ccc(CN(C(=O)C(C)(C)C)c2ccc(F)cc2)cn1. The molecule has 0 aliphatic rings. The molecule has 1 heterocycles. The molecule has 26 heavy (non-hydrogen) atoms. The topological polar surface area (TPSA) is 45.2 Å². The molecule has 5 heteroatoms. The van der Waals surface area contributed by atoms with Crippen molar-refractivity contribution in [2.24, 2.45) is 5.41 Å². The van der Waals surface area contributed by atoms with Gasteiger partial charge in [-0.15, -0.1) is 0 Å². The predicted octanol–water partition coefficient (Wildman–Crippen LogP) is 5.01. The second-order valence-corrected chi connectivity index (χ2v) is 8.54. The Labute approximate surface area is 155 Å². The first-order chi connectivity index (χ1) is 12.0. The van der Waals surface area contributed by atoms with Crippen LogP contribution < -0.4 is 10.2 Å². The molecule has 0 aliphatic carbocycles. The lowest BCUT2D eigenvalue weighted by Crippen LogP contribution is -2.39. The van der Waals surface area contributed by atoms with Crippen LogP contribution in [0.4, 0.5) is 15.9 Å². The quantitative estimate of drug-likeness (QED) is 0.836. The molecule has 2 aromatic rings. The lowest BCUT2D eigenvalue weighted by molar-refractivity contribution is -0.125. The molecule has 140 valence electrons. The van der Waals surface area contributed by atoms with Crippen molar-refractivity contribution in [3.63, 3.8) is 0 Å². The van der Waals surface area contributed by atoms with Gasteiger partial charge in [0.1, 0.15) is 11.6 Å². The van der Waals surface area contributed by atoms with Crippen molar-refractivity contribution in [1.29, 1.82) is 0 Å². The van der Waals surface area contributed by atoms with E-state index < -0.39 is 5.41 Å². The lowest BCUT2D eigenvalue weighted by atomic mass is 9.94. The van der Waals surface area contributed by atoms with Gasteiger partial charge in [-0.05, 0) is 56.7 Å². The Bertz CT molecular complexity index is 741. The monoisotopic (exact) mass is 357 g/mol. The highest BCUT2D eigenvalue weighted by Gasteiger charge is 2.28. The summed E-state index contributed by atoms with van der Waals surface area (Å²) in [5.41, 5.74) is 0.960. The summed E-state index contributed by atoms with van der Waals surface area (Å²) in [7, 11) is 0. The first-order valence-electron chi connectivity index (χ1n) is 8.76. The van der Waals surface area contributed by atoms with Crippen LogP contribution in [0.25, 0.3) is 0 Å². The molecule has 2 rings (SSSR count). The van der Waals surface area contributed by atoms with E-state index in [0.29, 0.717) is 12.2 Å². The Morgan fingerprint density at radius 3 is 2.12 bits per heavy atom. The Balaban J connectivity index is 2.26. The van der Waals surface area contributed by atoms with Crippen molar-refractivity contribution in [2.45, 2.75) is 53.6 Å². The summed E-state index contributed by atoms with van der Waals surface area (Å²) in [6.07, 6.45) is 1.76. The Kier molecular flexibility index (Phi) is 5.69. The van der Waals surface area contributed by atoms with Gasteiger partial charge < -0.3 is 10.2 Å². The fourth-order valence-electron chi connectivity index (χ4n) is 2.47. The van der Waals surface area contributed by atoms with Gasteiger partial charge in [0.25, 0.3) is 0 Å². The highest BCUT2D eigenvalue weighted by atomic mass is 19.1. The minimum Gasteiger partial charge on any atom is -0.365 e. The Morgan fingerprint density at radius 2 is 1.65 bits per heavy atom. The van der Waals surface area contributed by atoms with Gasteiger partial charge in [-0.25, -0.2) is 9.37 Å². The van der Waals surface area contributed by atoms with E-state index in [0.717, 1.165) is 11.4 Å². The van der Waals surface area contributed by atoms with Gasteiger partial charge in [0.15, 0.2) is 0 Å². The first-order valence-corrected chi connectivity index (χ1v) is 8.76. The normalized spacial score (nSPS) is 12.0. The maximum absolute atomic E-state index is 13.3.